The predicted octanol–water partition coefficient (Wildman–Crippen LogP) is 3.14. The molecule has 0 saturated carbocycles. The van der Waals surface area contributed by atoms with Gasteiger partial charge >= 0.3 is 12.2 Å². The topological polar surface area (TPSA) is 73.1 Å². The van der Waals surface area contributed by atoms with Crippen LogP contribution in [0.15, 0.2) is 22.9 Å². The number of nitrogens with one attached hydrogen (secondary N) is 1. The van der Waals surface area contributed by atoms with Crippen molar-refractivity contribution in [3.05, 3.63) is 29.7 Å². The highest BCUT2D eigenvalue weighted by molar-refractivity contribution is 5.25. The Morgan fingerprint density at radius 1 is 1.32 bits per heavy atom. The van der Waals surface area contributed by atoms with Crippen molar-refractivity contribution in [2.45, 2.75) is 32.5 Å². The fraction of sp³-hybridized carbons (Fsp3) is 0.462. The van der Waals surface area contributed by atoms with Crippen molar-refractivity contribution in [3.8, 4) is 5.88 Å². The van der Waals surface area contributed by atoms with Crippen LogP contribution in [0, 0.1) is 0 Å². The fourth-order valence-corrected chi connectivity index (χ4v) is 1.48. The molecule has 2 aromatic heterocycles. The summed E-state index contributed by atoms with van der Waals surface area (Å²) < 4.78 is 45.5. The number of halogens is 3. The van der Waals surface area contributed by atoms with Crippen LogP contribution in [0.1, 0.15) is 31.2 Å². The number of pyridine rings is 1. The summed E-state index contributed by atoms with van der Waals surface area (Å²) in [6.45, 7) is 2.88. The van der Waals surface area contributed by atoms with Crippen LogP contribution in [0.3, 0.4) is 0 Å². The van der Waals surface area contributed by atoms with E-state index in [4.69, 9.17) is 4.52 Å². The quantitative estimate of drug-likeness (QED) is 0.882. The van der Waals surface area contributed by atoms with Crippen molar-refractivity contribution >= 4 is 6.01 Å². The predicted molar refractivity (Wildman–Crippen MR) is 71.5 cm³/mol. The van der Waals surface area contributed by atoms with Gasteiger partial charge in [0.2, 0.25) is 5.88 Å². The zero-order valence-corrected chi connectivity index (χ0v) is 12.0. The van der Waals surface area contributed by atoms with Gasteiger partial charge in [-0.15, -0.1) is 0 Å². The number of alkyl halides is 3. The number of ether oxygens (including phenoxy) is 1. The van der Waals surface area contributed by atoms with Crippen LogP contribution < -0.4 is 10.1 Å². The minimum absolute atomic E-state index is 0.0824. The molecule has 2 aromatic rings. The van der Waals surface area contributed by atoms with Crippen molar-refractivity contribution in [1.29, 1.82) is 0 Å². The van der Waals surface area contributed by atoms with E-state index in [1.54, 1.807) is 6.07 Å². The van der Waals surface area contributed by atoms with Crippen LogP contribution in [0.25, 0.3) is 0 Å². The van der Waals surface area contributed by atoms with Crippen LogP contribution in [-0.4, -0.2) is 27.9 Å². The molecule has 0 spiro atoms. The average Bonchev–Trinajstić information content (AvgIpc) is 2.92. The lowest BCUT2D eigenvalue weighted by Crippen LogP contribution is -2.19. The van der Waals surface area contributed by atoms with Gasteiger partial charge in [-0.3, -0.25) is 0 Å². The maximum absolute atomic E-state index is 12.0. The second-order valence-electron chi connectivity index (χ2n) is 4.87. The first-order chi connectivity index (χ1) is 10.3. The highest BCUT2D eigenvalue weighted by Crippen LogP contribution is 2.17. The number of nitrogens with zero attached hydrogens (tertiary/aromatic N) is 3. The van der Waals surface area contributed by atoms with E-state index in [1.165, 1.54) is 12.3 Å². The summed E-state index contributed by atoms with van der Waals surface area (Å²) in [5.41, 5.74) is 0.739. The maximum atomic E-state index is 12.0. The Labute approximate surface area is 124 Å². The maximum Gasteiger partial charge on any atom is 0.422 e. The summed E-state index contributed by atoms with van der Waals surface area (Å²) in [4.78, 5) is 7.94. The van der Waals surface area contributed by atoms with E-state index in [1.807, 2.05) is 13.8 Å². The smallest absolute Gasteiger partial charge is 0.422 e. The van der Waals surface area contributed by atoms with Gasteiger partial charge < -0.3 is 14.6 Å². The van der Waals surface area contributed by atoms with Gasteiger partial charge in [-0.1, -0.05) is 25.1 Å². The van der Waals surface area contributed by atoms with Gasteiger partial charge in [-0.25, -0.2) is 4.98 Å². The summed E-state index contributed by atoms with van der Waals surface area (Å²) in [6, 6.07) is 3.25. The Bertz CT molecular complexity index is 596. The van der Waals surface area contributed by atoms with E-state index in [0.29, 0.717) is 12.4 Å². The molecule has 120 valence electrons. The lowest BCUT2D eigenvalue weighted by molar-refractivity contribution is -0.154. The third kappa shape index (κ3) is 4.90. The molecule has 0 unspecified atom stereocenters. The highest BCUT2D eigenvalue weighted by atomic mass is 19.4. The Balaban J connectivity index is 1.85. The van der Waals surface area contributed by atoms with Gasteiger partial charge in [-0.05, 0) is 5.56 Å². The Hall–Kier alpha value is -2.32. The fourth-order valence-electron chi connectivity index (χ4n) is 1.48. The zero-order valence-electron chi connectivity index (χ0n) is 12.0. The minimum atomic E-state index is -4.38. The number of anilines is 1. The van der Waals surface area contributed by atoms with E-state index >= 15 is 0 Å². The van der Waals surface area contributed by atoms with Crippen LogP contribution in [-0.2, 0) is 6.54 Å². The van der Waals surface area contributed by atoms with Gasteiger partial charge in [0.25, 0.3) is 0 Å². The summed E-state index contributed by atoms with van der Waals surface area (Å²) in [5.74, 6) is 0.670. The largest absolute Gasteiger partial charge is 0.468 e. The van der Waals surface area contributed by atoms with Gasteiger partial charge in [0, 0.05) is 24.7 Å². The monoisotopic (exact) mass is 316 g/mol. The van der Waals surface area contributed by atoms with Crippen LogP contribution in [0.5, 0.6) is 5.88 Å². The molecule has 0 aliphatic heterocycles. The summed E-state index contributed by atoms with van der Waals surface area (Å²) in [6.07, 6.45) is -2.97. The van der Waals surface area contributed by atoms with Crippen molar-refractivity contribution in [2.24, 2.45) is 0 Å². The normalized spacial score (nSPS) is 11.7. The summed E-state index contributed by atoms with van der Waals surface area (Å²) >= 11 is 0. The molecular weight excluding hydrogens is 301 g/mol. The third-order valence-corrected chi connectivity index (χ3v) is 2.58. The molecule has 6 nitrogen and oxygen atoms in total. The van der Waals surface area contributed by atoms with Gasteiger partial charge in [-0.2, -0.15) is 18.2 Å². The summed E-state index contributed by atoms with van der Waals surface area (Å²) in [7, 11) is 0. The Kier molecular flexibility index (Phi) is 4.84. The van der Waals surface area contributed by atoms with E-state index in [0.717, 1.165) is 5.56 Å². The Morgan fingerprint density at radius 2 is 2.09 bits per heavy atom. The molecule has 0 aliphatic carbocycles. The first-order valence-corrected chi connectivity index (χ1v) is 6.55. The number of hydrogen-bond donors (Lipinski definition) is 1. The van der Waals surface area contributed by atoms with Crippen molar-refractivity contribution in [1.82, 2.24) is 15.1 Å². The van der Waals surface area contributed by atoms with Crippen LogP contribution >= 0.6 is 0 Å². The molecule has 9 heteroatoms. The molecule has 2 rings (SSSR count). The number of aromatic nitrogens is 3. The van der Waals surface area contributed by atoms with Crippen LogP contribution in [0.2, 0.25) is 0 Å². The van der Waals surface area contributed by atoms with E-state index in [-0.39, 0.29) is 17.8 Å². The number of hydrogen-bond acceptors (Lipinski definition) is 6. The van der Waals surface area contributed by atoms with E-state index < -0.39 is 12.8 Å². The molecule has 0 bridgehead atoms. The standard InChI is InChI=1S/C13H15F3N4O2/c1-8(2)11-19-12(22-20-11)18-6-9-3-4-10(17-5-9)21-7-13(14,15)16/h3-5,8H,6-7H2,1-2H3,(H,18,19,20). The Morgan fingerprint density at radius 3 is 2.64 bits per heavy atom. The SMILES string of the molecule is CC(C)c1noc(NCc2ccc(OCC(F)(F)F)nc2)n1. The lowest BCUT2D eigenvalue weighted by Gasteiger charge is -2.08. The lowest BCUT2D eigenvalue weighted by atomic mass is 10.2. The molecule has 0 aromatic carbocycles. The molecule has 0 aliphatic rings. The summed E-state index contributed by atoms with van der Waals surface area (Å²) in [5, 5.41) is 6.71. The molecule has 0 fully saturated rings. The molecule has 0 atom stereocenters. The van der Waals surface area contributed by atoms with Gasteiger partial charge in [0.05, 0.1) is 0 Å². The first-order valence-electron chi connectivity index (χ1n) is 6.55. The molecule has 2 heterocycles. The highest BCUT2D eigenvalue weighted by Gasteiger charge is 2.28. The molecule has 1 N–H and O–H groups in total. The third-order valence-electron chi connectivity index (χ3n) is 2.58. The first kappa shape index (κ1) is 16.1. The van der Waals surface area contributed by atoms with Gasteiger partial charge in [0.1, 0.15) is 0 Å². The van der Waals surface area contributed by atoms with Crippen molar-refractivity contribution < 1.29 is 22.4 Å². The van der Waals surface area contributed by atoms with Crippen LogP contribution in [0.4, 0.5) is 19.2 Å². The van der Waals surface area contributed by atoms with Crippen molar-refractivity contribution in [2.75, 3.05) is 11.9 Å². The van der Waals surface area contributed by atoms with Gasteiger partial charge in [0.15, 0.2) is 12.4 Å². The van der Waals surface area contributed by atoms with E-state index in [9.17, 15) is 13.2 Å². The average molecular weight is 316 g/mol. The zero-order chi connectivity index (χ0) is 16.2. The second-order valence-corrected chi connectivity index (χ2v) is 4.87. The molecular formula is C13H15F3N4O2. The number of rotatable bonds is 6. The molecule has 0 radical (unpaired) electrons. The van der Waals surface area contributed by atoms with E-state index in [2.05, 4.69) is 25.2 Å². The molecule has 22 heavy (non-hydrogen) atoms. The molecule has 0 amide bonds. The second kappa shape index (κ2) is 6.63. The minimum Gasteiger partial charge on any atom is -0.468 e. The van der Waals surface area contributed by atoms with Crippen molar-refractivity contribution in [3.63, 3.8) is 0 Å². The molecule has 0 saturated heterocycles.